The highest BCUT2D eigenvalue weighted by molar-refractivity contribution is 9.11. The van der Waals surface area contributed by atoms with Gasteiger partial charge in [-0.2, -0.15) is 4.72 Å². The van der Waals surface area contributed by atoms with E-state index in [1.54, 1.807) is 18.2 Å². The van der Waals surface area contributed by atoms with Gasteiger partial charge in [0.1, 0.15) is 16.5 Å². The number of sulfonamides is 1. The van der Waals surface area contributed by atoms with Gasteiger partial charge in [-0.15, -0.1) is 11.3 Å². The van der Waals surface area contributed by atoms with Gasteiger partial charge >= 0.3 is 5.97 Å². The number of hydrogen-bond acceptors (Lipinski definition) is 5. The number of thiophene rings is 1. The molecule has 0 saturated heterocycles. The number of rotatable bonds is 4. The Morgan fingerprint density at radius 1 is 1.32 bits per heavy atom. The smallest absolute Gasteiger partial charge is 0.318 e. The lowest BCUT2D eigenvalue weighted by molar-refractivity contribution is -0.135. The molecule has 0 aliphatic carbocycles. The van der Waals surface area contributed by atoms with Crippen molar-refractivity contribution in [2.24, 2.45) is 0 Å². The standard InChI is InChI=1S/C9H9NO.C6H6BrNO4S2/c1-6-5-10-9-3-2-7(11)4-8(6)9;7-4-1-2-6(13-4)14(11,12)8-3-5(9)10/h2-5,10-11H,1H3;1-2,8H,3H2,(H,9,10). The number of benzene rings is 1. The third-order valence-corrected chi connectivity index (χ3v) is 6.62. The minimum Gasteiger partial charge on any atom is -0.508 e. The molecule has 0 spiro atoms. The summed E-state index contributed by atoms with van der Waals surface area (Å²) < 4.78 is 25.4. The Labute approximate surface area is 156 Å². The highest BCUT2D eigenvalue weighted by Gasteiger charge is 2.16. The van der Waals surface area contributed by atoms with Crippen molar-refractivity contribution in [1.29, 1.82) is 0 Å². The van der Waals surface area contributed by atoms with Crippen molar-refractivity contribution in [1.82, 2.24) is 9.71 Å². The summed E-state index contributed by atoms with van der Waals surface area (Å²) in [7, 11) is -3.68. The molecule has 0 aliphatic heterocycles. The molecule has 0 unspecified atom stereocenters. The van der Waals surface area contributed by atoms with Gasteiger partial charge in [-0.1, -0.05) is 0 Å². The summed E-state index contributed by atoms with van der Waals surface area (Å²) in [4.78, 5) is 13.3. The number of aromatic nitrogens is 1. The van der Waals surface area contributed by atoms with Crippen LogP contribution in [0.3, 0.4) is 0 Å². The molecule has 7 nitrogen and oxygen atoms in total. The van der Waals surface area contributed by atoms with Crippen LogP contribution >= 0.6 is 27.3 Å². The number of phenolic OH excluding ortho intramolecular Hbond substituents is 1. The number of fused-ring (bicyclic) bond motifs is 1. The molecule has 0 amide bonds. The SMILES string of the molecule is Cc1c[nH]c2ccc(O)cc12.O=C(O)CNS(=O)(=O)c1ccc(Br)s1. The van der Waals surface area contributed by atoms with Crippen LogP contribution in [0.5, 0.6) is 5.75 Å². The Kier molecular flexibility index (Phi) is 6.22. The first-order valence-electron chi connectivity index (χ1n) is 6.92. The highest BCUT2D eigenvalue weighted by atomic mass is 79.9. The first kappa shape index (κ1) is 19.4. The maximum atomic E-state index is 11.4. The number of hydrogen-bond donors (Lipinski definition) is 4. The van der Waals surface area contributed by atoms with Gasteiger partial charge in [-0.05, 0) is 58.7 Å². The third kappa shape index (κ3) is 5.30. The van der Waals surface area contributed by atoms with Crippen molar-refractivity contribution in [3.8, 4) is 5.75 Å². The van der Waals surface area contributed by atoms with E-state index >= 15 is 0 Å². The molecule has 134 valence electrons. The number of carbonyl (C=O) groups is 1. The van der Waals surface area contributed by atoms with Crippen molar-refractivity contribution in [2.75, 3.05) is 6.54 Å². The normalized spacial score (nSPS) is 11.1. The number of phenols is 1. The Bertz CT molecular complexity index is 994. The van der Waals surface area contributed by atoms with Gasteiger partial charge in [0.25, 0.3) is 10.0 Å². The van der Waals surface area contributed by atoms with Gasteiger partial charge < -0.3 is 15.2 Å². The quantitative estimate of drug-likeness (QED) is 0.490. The van der Waals surface area contributed by atoms with Crippen LogP contribution in [0.4, 0.5) is 0 Å². The first-order valence-corrected chi connectivity index (χ1v) is 10.0. The average Bonchev–Trinajstić information content (AvgIpc) is 3.13. The van der Waals surface area contributed by atoms with E-state index in [-0.39, 0.29) is 4.21 Å². The zero-order chi connectivity index (χ0) is 18.6. The second-order valence-electron chi connectivity index (χ2n) is 4.98. The number of halogens is 1. The molecule has 10 heteroatoms. The summed E-state index contributed by atoms with van der Waals surface area (Å²) in [6.07, 6.45) is 1.93. The lowest BCUT2D eigenvalue weighted by Crippen LogP contribution is -2.28. The monoisotopic (exact) mass is 446 g/mol. The molecule has 4 N–H and O–H groups in total. The summed E-state index contributed by atoms with van der Waals surface area (Å²) in [5, 5.41) is 18.5. The molecule has 0 radical (unpaired) electrons. The van der Waals surface area contributed by atoms with Gasteiger partial charge in [0.2, 0.25) is 0 Å². The van der Waals surface area contributed by atoms with E-state index in [1.165, 1.54) is 6.07 Å². The van der Waals surface area contributed by atoms with E-state index in [2.05, 4.69) is 20.9 Å². The second kappa shape index (κ2) is 8.00. The van der Waals surface area contributed by atoms with Crippen molar-refractivity contribution in [3.63, 3.8) is 0 Å². The van der Waals surface area contributed by atoms with Crippen LogP contribution in [0.2, 0.25) is 0 Å². The number of aliphatic carboxylic acids is 1. The number of H-pyrrole nitrogens is 1. The molecule has 2 heterocycles. The number of nitrogens with one attached hydrogen (secondary N) is 2. The molecular formula is C15H15BrN2O5S2. The summed E-state index contributed by atoms with van der Waals surface area (Å²) >= 11 is 4.13. The highest BCUT2D eigenvalue weighted by Crippen LogP contribution is 2.25. The van der Waals surface area contributed by atoms with E-state index in [1.807, 2.05) is 23.9 Å². The summed E-state index contributed by atoms with van der Waals surface area (Å²) in [5.74, 6) is -0.899. The molecule has 0 saturated carbocycles. The van der Waals surface area contributed by atoms with Crippen LogP contribution in [-0.4, -0.2) is 36.1 Å². The molecule has 25 heavy (non-hydrogen) atoms. The Morgan fingerprint density at radius 2 is 2.04 bits per heavy atom. The van der Waals surface area contributed by atoms with Gasteiger partial charge in [-0.25, -0.2) is 8.42 Å². The lowest BCUT2D eigenvalue weighted by atomic mass is 10.2. The van der Waals surface area contributed by atoms with E-state index in [9.17, 15) is 13.2 Å². The van der Waals surface area contributed by atoms with E-state index in [0.29, 0.717) is 9.54 Å². The van der Waals surface area contributed by atoms with Crippen LogP contribution in [0.1, 0.15) is 5.56 Å². The van der Waals surface area contributed by atoms with Crippen LogP contribution in [-0.2, 0) is 14.8 Å². The lowest BCUT2D eigenvalue weighted by Gasteiger charge is -2.00. The molecule has 0 bridgehead atoms. The van der Waals surface area contributed by atoms with Crippen molar-refractivity contribution >= 4 is 54.2 Å². The fourth-order valence-corrected chi connectivity index (χ4v) is 4.95. The Balaban J connectivity index is 0.000000185. The van der Waals surface area contributed by atoms with Crippen molar-refractivity contribution in [3.05, 3.63) is 45.9 Å². The topological polar surface area (TPSA) is 119 Å². The first-order chi connectivity index (χ1) is 11.7. The van der Waals surface area contributed by atoms with Crippen LogP contribution in [0.25, 0.3) is 10.9 Å². The number of aromatic hydroxyl groups is 1. The zero-order valence-corrected chi connectivity index (χ0v) is 16.2. The van der Waals surface area contributed by atoms with Crippen LogP contribution in [0, 0.1) is 6.92 Å². The molecule has 3 aromatic rings. The Morgan fingerprint density at radius 3 is 2.64 bits per heavy atom. The van der Waals surface area contributed by atoms with Gasteiger partial charge in [0.15, 0.2) is 0 Å². The van der Waals surface area contributed by atoms with Gasteiger partial charge in [0.05, 0.1) is 3.79 Å². The van der Waals surface area contributed by atoms with E-state index < -0.39 is 22.5 Å². The van der Waals surface area contributed by atoms with Crippen LogP contribution < -0.4 is 4.72 Å². The van der Waals surface area contributed by atoms with Gasteiger partial charge in [0, 0.05) is 17.1 Å². The summed E-state index contributed by atoms with van der Waals surface area (Å²) in [6.45, 7) is 1.40. The number of aryl methyl sites for hydroxylation is 1. The molecule has 1 aromatic carbocycles. The molecule has 0 aliphatic rings. The van der Waals surface area contributed by atoms with Crippen molar-refractivity contribution in [2.45, 2.75) is 11.1 Å². The number of carboxylic acid groups (broad SMARTS) is 1. The largest absolute Gasteiger partial charge is 0.508 e. The second-order valence-corrected chi connectivity index (χ2v) is 9.44. The predicted octanol–water partition coefficient (Wildman–Crippen LogP) is 3.06. The zero-order valence-electron chi connectivity index (χ0n) is 13.0. The molecule has 0 fully saturated rings. The maximum absolute atomic E-state index is 11.4. The summed E-state index contributed by atoms with van der Waals surface area (Å²) in [5.41, 5.74) is 2.23. The molecule has 2 aromatic heterocycles. The molecular weight excluding hydrogens is 432 g/mol. The predicted molar refractivity (Wildman–Crippen MR) is 99.5 cm³/mol. The van der Waals surface area contributed by atoms with E-state index in [4.69, 9.17) is 10.2 Å². The fraction of sp³-hybridized carbons (Fsp3) is 0.133. The Hall–Kier alpha value is -1.88. The molecule has 0 atom stereocenters. The number of carboxylic acids is 1. The van der Waals surface area contributed by atoms with E-state index in [0.717, 1.165) is 27.8 Å². The van der Waals surface area contributed by atoms with Gasteiger partial charge in [-0.3, -0.25) is 4.79 Å². The minimum absolute atomic E-state index is 0.0885. The number of aromatic amines is 1. The maximum Gasteiger partial charge on any atom is 0.318 e. The average molecular weight is 447 g/mol. The summed E-state index contributed by atoms with van der Waals surface area (Å²) in [6, 6.07) is 8.30. The minimum atomic E-state index is -3.68. The van der Waals surface area contributed by atoms with Crippen LogP contribution in [0.15, 0.2) is 44.5 Å². The van der Waals surface area contributed by atoms with Crippen molar-refractivity contribution < 1.29 is 23.4 Å². The molecule has 3 rings (SSSR count). The fourth-order valence-electron chi connectivity index (χ4n) is 1.92. The third-order valence-electron chi connectivity index (χ3n) is 3.10.